The van der Waals surface area contributed by atoms with Crippen molar-refractivity contribution in [2.24, 2.45) is 0 Å². The maximum absolute atomic E-state index is 5.49. The van der Waals surface area contributed by atoms with Crippen LogP contribution in [-0.4, -0.2) is 3.95 Å². The summed E-state index contributed by atoms with van der Waals surface area (Å²) in [5, 5.41) is 6.76. The zero-order valence-corrected chi connectivity index (χ0v) is 9.83. The molecule has 1 aromatic rings. The Balaban J connectivity index is 2.12. The molecule has 0 saturated carbocycles. The molecule has 0 radical (unpaired) electrons. The van der Waals surface area contributed by atoms with Gasteiger partial charge in [-0.25, -0.2) is 0 Å². The Hall–Kier alpha value is -1.000. The Morgan fingerprint density at radius 2 is 2.40 bits per heavy atom. The minimum Gasteiger partial charge on any atom is -0.376 e. The summed E-state index contributed by atoms with van der Waals surface area (Å²) in [6, 6.07) is 2.15. The molecular weight excluding hydrogens is 224 g/mol. The molecule has 4 heteroatoms. The van der Waals surface area contributed by atoms with Crippen LogP contribution in [0.1, 0.15) is 18.4 Å². The molecule has 0 aromatic carbocycles. The Morgan fingerprint density at radius 3 is 3.33 bits per heavy atom. The lowest BCUT2D eigenvalue weighted by Crippen LogP contribution is -2.14. The average molecular weight is 235 g/mol. The maximum Gasteiger partial charge on any atom is 0.286 e. The van der Waals surface area contributed by atoms with Crippen LogP contribution in [0.2, 0.25) is 0 Å². The molecule has 1 N–H and O–H groups in total. The fraction of sp³-hybridized carbons (Fsp3) is 0.273. The third kappa shape index (κ3) is 1.44. The van der Waals surface area contributed by atoms with Crippen molar-refractivity contribution in [3.05, 3.63) is 40.6 Å². The van der Waals surface area contributed by atoms with Crippen molar-refractivity contribution in [2.75, 3.05) is 0 Å². The van der Waals surface area contributed by atoms with Gasteiger partial charge in [0.15, 0.2) is 0 Å². The van der Waals surface area contributed by atoms with Gasteiger partial charge in [0.25, 0.3) is 17.4 Å². The molecule has 1 aromatic heterocycles. The number of fused-ring (bicyclic) bond motifs is 1. The van der Waals surface area contributed by atoms with Gasteiger partial charge in [0, 0.05) is 13.0 Å². The van der Waals surface area contributed by atoms with Crippen LogP contribution in [-0.2, 0) is 19.0 Å². The topological polar surface area (TPSA) is 15.0 Å². The second-order valence-corrected chi connectivity index (χ2v) is 4.96. The molecule has 3 rings (SSSR count). The predicted molar refractivity (Wildman–Crippen MR) is 63.8 cm³/mol. The summed E-state index contributed by atoms with van der Waals surface area (Å²) in [5.41, 5.74) is 3.74. The van der Waals surface area contributed by atoms with Gasteiger partial charge < -0.3 is 5.32 Å². The first-order valence-corrected chi connectivity index (χ1v) is 6.28. The molecule has 0 spiro atoms. The lowest BCUT2D eigenvalue weighted by atomic mass is 10.1. The predicted octanol–water partition coefficient (Wildman–Crippen LogP) is 2.79. The number of allylic oxidation sites excluding steroid dienone is 3. The van der Waals surface area contributed by atoms with E-state index in [1.54, 1.807) is 11.3 Å². The highest BCUT2D eigenvalue weighted by Gasteiger charge is 2.29. The first-order chi connectivity index (χ1) is 7.36. The Bertz CT molecular complexity index is 483. The standard InChI is InChI=1S/C11H11N2S2/c14-13-10-4-2-1-3-9(10)12-7-8-5-6-15-11(8)13/h1,3,5-6,12H,2,4,7H2/q+1. The number of hydrogen-bond acceptors (Lipinski definition) is 3. The van der Waals surface area contributed by atoms with Crippen LogP contribution >= 0.6 is 11.3 Å². The van der Waals surface area contributed by atoms with E-state index in [9.17, 15) is 0 Å². The first kappa shape index (κ1) is 9.24. The van der Waals surface area contributed by atoms with Crippen molar-refractivity contribution in [2.45, 2.75) is 19.4 Å². The zero-order valence-electron chi connectivity index (χ0n) is 8.19. The van der Waals surface area contributed by atoms with Crippen LogP contribution in [0.5, 0.6) is 0 Å². The minimum absolute atomic E-state index is 0.884. The van der Waals surface area contributed by atoms with Crippen molar-refractivity contribution in [1.29, 1.82) is 0 Å². The third-order valence-electron chi connectivity index (χ3n) is 2.77. The largest absolute Gasteiger partial charge is 0.376 e. The first-order valence-electron chi connectivity index (χ1n) is 5.03. The Labute approximate surface area is 98.1 Å². The lowest BCUT2D eigenvalue weighted by molar-refractivity contribution is -0.349. The Morgan fingerprint density at radius 1 is 1.47 bits per heavy atom. The molecule has 15 heavy (non-hydrogen) atoms. The SMILES string of the molecule is S=[N+]1C2=C(C=CCC2)NCc2ccsc21. The van der Waals surface area contributed by atoms with E-state index in [2.05, 4.69) is 28.9 Å². The molecule has 76 valence electrons. The summed E-state index contributed by atoms with van der Waals surface area (Å²) in [5.74, 6) is 0. The van der Waals surface area contributed by atoms with E-state index in [1.165, 1.54) is 22.0 Å². The van der Waals surface area contributed by atoms with E-state index < -0.39 is 0 Å². The minimum atomic E-state index is 0.884. The monoisotopic (exact) mass is 235 g/mol. The van der Waals surface area contributed by atoms with E-state index in [4.69, 9.17) is 12.4 Å². The van der Waals surface area contributed by atoms with Crippen molar-refractivity contribution in [3.63, 3.8) is 0 Å². The summed E-state index contributed by atoms with van der Waals surface area (Å²) in [6.07, 6.45) is 6.48. The normalized spacial score (nSPS) is 19.3. The molecule has 2 aliphatic rings. The fourth-order valence-corrected chi connectivity index (χ4v) is 3.27. The van der Waals surface area contributed by atoms with E-state index in [0.717, 1.165) is 19.4 Å². The molecule has 2 nitrogen and oxygen atoms in total. The summed E-state index contributed by atoms with van der Waals surface area (Å²) in [4.78, 5) is 0. The van der Waals surface area contributed by atoms with Crippen molar-refractivity contribution in [3.8, 4) is 0 Å². The molecule has 0 unspecified atom stereocenters. The van der Waals surface area contributed by atoms with Gasteiger partial charge in [-0.15, -0.1) is 0 Å². The summed E-state index contributed by atoms with van der Waals surface area (Å²) in [7, 11) is 0. The Kier molecular flexibility index (Phi) is 2.18. The summed E-state index contributed by atoms with van der Waals surface area (Å²) >= 11 is 7.22. The molecule has 0 amide bonds. The van der Waals surface area contributed by atoms with Gasteiger partial charge in [-0.05, 0) is 23.9 Å². The number of hydrogen-bond donors (Lipinski definition) is 1. The van der Waals surface area contributed by atoms with Crippen molar-refractivity contribution >= 4 is 28.8 Å². The van der Waals surface area contributed by atoms with Crippen LogP contribution in [0.4, 0.5) is 5.00 Å². The van der Waals surface area contributed by atoms with E-state index >= 15 is 0 Å². The van der Waals surface area contributed by atoms with E-state index in [-0.39, 0.29) is 0 Å². The van der Waals surface area contributed by atoms with Crippen molar-refractivity contribution < 1.29 is 3.95 Å². The number of nitrogens with zero attached hydrogens (tertiary/aromatic N) is 1. The van der Waals surface area contributed by atoms with Gasteiger partial charge in [0.1, 0.15) is 5.70 Å². The molecule has 0 saturated heterocycles. The average Bonchev–Trinajstić information content (AvgIpc) is 2.69. The van der Waals surface area contributed by atoms with Crippen LogP contribution in [0.25, 0.3) is 0 Å². The molecular formula is C11H11N2S2+. The fourth-order valence-electron chi connectivity index (χ4n) is 1.98. The van der Waals surface area contributed by atoms with Crippen LogP contribution in [0.3, 0.4) is 0 Å². The molecule has 1 aliphatic carbocycles. The van der Waals surface area contributed by atoms with Crippen LogP contribution in [0.15, 0.2) is 35.0 Å². The molecule has 1 aliphatic heterocycles. The summed E-state index contributed by atoms with van der Waals surface area (Å²) < 4.78 is 1.93. The smallest absolute Gasteiger partial charge is 0.286 e. The molecule has 0 atom stereocenters. The van der Waals surface area contributed by atoms with Gasteiger partial charge in [0.05, 0.1) is 5.56 Å². The molecule has 0 fully saturated rings. The second-order valence-electron chi connectivity index (χ2n) is 3.70. The van der Waals surface area contributed by atoms with Gasteiger partial charge in [-0.3, -0.25) is 0 Å². The molecule has 2 heterocycles. The number of rotatable bonds is 0. The van der Waals surface area contributed by atoms with E-state index in [1.807, 2.05) is 3.95 Å². The van der Waals surface area contributed by atoms with Crippen molar-refractivity contribution in [1.82, 2.24) is 5.32 Å². The molecule has 0 bridgehead atoms. The second kappa shape index (κ2) is 3.54. The number of thiophene rings is 1. The highest BCUT2D eigenvalue weighted by molar-refractivity contribution is 7.44. The quantitative estimate of drug-likeness (QED) is 0.696. The van der Waals surface area contributed by atoms with Crippen LogP contribution in [0, 0.1) is 0 Å². The highest BCUT2D eigenvalue weighted by Crippen LogP contribution is 2.34. The van der Waals surface area contributed by atoms with Crippen LogP contribution < -0.4 is 5.32 Å². The highest BCUT2D eigenvalue weighted by atomic mass is 32.1. The van der Waals surface area contributed by atoms with Gasteiger partial charge in [-0.1, -0.05) is 21.4 Å². The summed E-state index contributed by atoms with van der Waals surface area (Å²) in [6.45, 7) is 0.884. The van der Waals surface area contributed by atoms with E-state index in [0.29, 0.717) is 0 Å². The van der Waals surface area contributed by atoms with Gasteiger partial charge >= 0.3 is 0 Å². The lowest BCUT2D eigenvalue weighted by Gasteiger charge is -2.08. The van der Waals surface area contributed by atoms with Gasteiger partial charge in [0.2, 0.25) is 5.70 Å². The zero-order chi connectivity index (χ0) is 10.3. The number of nitrogens with one attached hydrogen (secondary N) is 1. The third-order valence-corrected chi connectivity index (χ3v) is 4.22. The maximum atomic E-state index is 5.49. The van der Waals surface area contributed by atoms with Gasteiger partial charge in [-0.2, -0.15) is 0 Å².